The van der Waals surface area contributed by atoms with Crippen LogP contribution in [0.2, 0.25) is 0 Å². The molecule has 6 heteroatoms. The Kier molecular flexibility index (Phi) is 10.1. The maximum Gasteiger partial charge on any atom is 0.217 e. The second-order valence-corrected chi connectivity index (χ2v) is 11.6. The van der Waals surface area contributed by atoms with Crippen molar-refractivity contribution in [2.24, 2.45) is 5.92 Å². The molecule has 0 saturated carbocycles. The van der Waals surface area contributed by atoms with E-state index in [9.17, 15) is 9.90 Å². The maximum absolute atomic E-state index is 11.4. The monoisotopic (exact) mass is 578 g/mol. The standard InChI is InChI=1S/C37H42N2O4/c1-25-35(23-39(4)26(2)30-11-6-5-7-12-30)42-37(43-36(25)31-18-16-28(24-40)17-19-31)34-15-9-14-33(21-34)32-13-8-10-29(20-32)22-38-27(3)41/h5-21,25-26,35-37,40H,22-24H2,1-4H3,(H,38,41)/t25-,26+,35+,36+,37+/m1/s1. The van der Waals surface area contributed by atoms with E-state index in [1.807, 2.05) is 36.4 Å². The lowest BCUT2D eigenvalue weighted by Gasteiger charge is -2.43. The molecule has 0 aliphatic carbocycles. The minimum Gasteiger partial charge on any atom is -0.392 e. The van der Waals surface area contributed by atoms with Crippen LogP contribution < -0.4 is 5.32 Å². The summed E-state index contributed by atoms with van der Waals surface area (Å²) in [6.07, 6.45) is -0.810. The number of aliphatic hydroxyl groups excluding tert-OH is 1. The van der Waals surface area contributed by atoms with E-state index in [1.54, 1.807) is 0 Å². The molecule has 4 aromatic carbocycles. The number of ether oxygens (including phenoxy) is 2. The molecule has 4 aromatic rings. The predicted octanol–water partition coefficient (Wildman–Crippen LogP) is 6.97. The normalized spacial score (nSPS) is 21.0. The van der Waals surface area contributed by atoms with Crippen LogP contribution in [0.1, 0.15) is 67.0 Å². The third-order valence-corrected chi connectivity index (χ3v) is 8.50. The predicted molar refractivity (Wildman–Crippen MR) is 170 cm³/mol. The molecule has 0 spiro atoms. The highest BCUT2D eigenvalue weighted by molar-refractivity contribution is 5.73. The summed E-state index contributed by atoms with van der Waals surface area (Å²) in [7, 11) is 2.15. The number of likely N-dealkylation sites (N-methyl/N-ethyl adjacent to an activating group) is 1. The first-order valence-electron chi connectivity index (χ1n) is 15.0. The summed E-state index contributed by atoms with van der Waals surface area (Å²) in [6.45, 7) is 7.20. The summed E-state index contributed by atoms with van der Waals surface area (Å²) in [5.41, 5.74) is 7.34. The van der Waals surface area contributed by atoms with E-state index in [-0.39, 0.29) is 36.7 Å². The van der Waals surface area contributed by atoms with E-state index < -0.39 is 6.29 Å². The van der Waals surface area contributed by atoms with Gasteiger partial charge in [-0.2, -0.15) is 0 Å². The Labute approximate surface area is 255 Å². The average Bonchev–Trinajstić information content (AvgIpc) is 3.05. The molecule has 0 unspecified atom stereocenters. The fourth-order valence-electron chi connectivity index (χ4n) is 5.71. The molecule has 5 atom stereocenters. The zero-order chi connectivity index (χ0) is 30.3. The SMILES string of the molecule is CC(=O)NCc1cccc(-c2cccc([C@H]3O[C@@H](CN(C)[C@@H](C)c4ccccc4)[C@@H](C)[C@@H](c4ccc(CO)cc4)O3)c2)c1. The summed E-state index contributed by atoms with van der Waals surface area (Å²) in [5.74, 6) is 0.0439. The average molecular weight is 579 g/mol. The smallest absolute Gasteiger partial charge is 0.217 e. The lowest BCUT2D eigenvalue weighted by Crippen LogP contribution is -2.44. The van der Waals surface area contributed by atoms with Gasteiger partial charge < -0.3 is 19.9 Å². The number of hydrogen-bond acceptors (Lipinski definition) is 5. The van der Waals surface area contributed by atoms with Gasteiger partial charge in [0.25, 0.3) is 0 Å². The van der Waals surface area contributed by atoms with E-state index in [0.29, 0.717) is 6.54 Å². The van der Waals surface area contributed by atoms with Gasteiger partial charge in [0.15, 0.2) is 6.29 Å². The van der Waals surface area contributed by atoms with Gasteiger partial charge in [0.1, 0.15) is 0 Å². The molecular formula is C37H42N2O4. The summed E-state index contributed by atoms with van der Waals surface area (Å²) >= 11 is 0. The molecule has 0 radical (unpaired) electrons. The lowest BCUT2D eigenvalue weighted by molar-refractivity contribution is -0.276. The van der Waals surface area contributed by atoms with Crippen LogP contribution >= 0.6 is 0 Å². The van der Waals surface area contributed by atoms with Gasteiger partial charge >= 0.3 is 0 Å². The van der Waals surface area contributed by atoms with Crippen LogP contribution in [0.3, 0.4) is 0 Å². The summed E-state index contributed by atoms with van der Waals surface area (Å²) in [5, 5.41) is 12.5. The Balaban J connectivity index is 1.42. The molecular weight excluding hydrogens is 536 g/mol. The van der Waals surface area contributed by atoms with Gasteiger partial charge in [0, 0.05) is 37.5 Å². The molecule has 6 nitrogen and oxygen atoms in total. The number of carbonyl (C=O) groups excluding carboxylic acids is 1. The Morgan fingerprint density at radius 3 is 2.26 bits per heavy atom. The Morgan fingerprint density at radius 1 is 0.860 bits per heavy atom. The van der Waals surface area contributed by atoms with Gasteiger partial charge in [-0.3, -0.25) is 9.69 Å². The van der Waals surface area contributed by atoms with E-state index >= 15 is 0 Å². The number of hydrogen-bond donors (Lipinski definition) is 2. The van der Waals surface area contributed by atoms with Gasteiger partial charge in [-0.05, 0) is 59.5 Å². The molecule has 1 amide bonds. The van der Waals surface area contributed by atoms with Crippen LogP contribution in [0, 0.1) is 5.92 Å². The fraction of sp³-hybridized carbons (Fsp3) is 0.324. The number of rotatable bonds is 10. The molecule has 0 bridgehead atoms. The van der Waals surface area contributed by atoms with Crippen LogP contribution in [-0.4, -0.2) is 35.6 Å². The third-order valence-electron chi connectivity index (χ3n) is 8.50. The largest absolute Gasteiger partial charge is 0.392 e. The van der Waals surface area contributed by atoms with E-state index in [4.69, 9.17) is 9.47 Å². The Hall–Kier alpha value is -3.81. The van der Waals surface area contributed by atoms with Crippen LogP contribution in [0.5, 0.6) is 0 Å². The molecule has 1 saturated heterocycles. The summed E-state index contributed by atoms with van der Waals surface area (Å²) in [6, 6.07) is 35.3. The van der Waals surface area contributed by atoms with Gasteiger partial charge in [-0.15, -0.1) is 0 Å². The molecule has 1 aliphatic rings. The first-order valence-corrected chi connectivity index (χ1v) is 15.0. The van der Waals surface area contributed by atoms with Crippen LogP contribution in [0.15, 0.2) is 103 Å². The zero-order valence-corrected chi connectivity index (χ0v) is 25.4. The van der Waals surface area contributed by atoms with Crippen molar-refractivity contribution >= 4 is 5.91 Å². The molecule has 1 aliphatic heterocycles. The van der Waals surface area contributed by atoms with Crippen molar-refractivity contribution < 1.29 is 19.4 Å². The highest BCUT2D eigenvalue weighted by Crippen LogP contribution is 2.42. The van der Waals surface area contributed by atoms with Crippen LogP contribution in [0.4, 0.5) is 0 Å². The molecule has 43 heavy (non-hydrogen) atoms. The highest BCUT2D eigenvalue weighted by Gasteiger charge is 2.39. The minimum atomic E-state index is -0.549. The van der Waals surface area contributed by atoms with Gasteiger partial charge in [-0.1, -0.05) is 97.9 Å². The fourth-order valence-corrected chi connectivity index (χ4v) is 5.71. The highest BCUT2D eigenvalue weighted by atomic mass is 16.7. The van der Waals surface area contributed by atoms with Gasteiger partial charge in [0.05, 0.1) is 18.8 Å². The van der Waals surface area contributed by atoms with Crippen molar-refractivity contribution in [1.82, 2.24) is 10.2 Å². The van der Waals surface area contributed by atoms with Crippen LogP contribution in [-0.2, 0) is 27.4 Å². The maximum atomic E-state index is 11.4. The van der Waals surface area contributed by atoms with Gasteiger partial charge in [-0.25, -0.2) is 0 Å². The quantitative estimate of drug-likeness (QED) is 0.213. The topological polar surface area (TPSA) is 71.0 Å². The van der Waals surface area contributed by atoms with Crippen molar-refractivity contribution in [1.29, 1.82) is 0 Å². The Bertz CT molecular complexity index is 1490. The number of nitrogens with zero attached hydrogens (tertiary/aromatic N) is 1. The number of nitrogens with one attached hydrogen (secondary N) is 1. The zero-order valence-electron chi connectivity index (χ0n) is 25.4. The van der Waals surface area contributed by atoms with Crippen molar-refractivity contribution in [2.75, 3.05) is 13.6 Å². The van der Waals surface area contributed by atoms with E-state index in [0.717, 1.165) is 39.9 Å². The number of amides is 1. The molecule has 5 rings (SSSR count). The molecule has 1 heterocycles. The second kappa shape index (κ2) is 14.1. The second-order valence-electron chi connectivity index (χ2n) is 11.6. The Morgan fingerprint density at radius 2 is 1.56 bits per heavy atom. The number of aliphatic hydroxyl groups is 1. The van der Waals surface area contributed by atoms with E-state index in [1.165, 1.54) is 12.5 Å². The minimum absolute atomic E-state index is 0.0106. The molecule has 224 valence electrons. The van der Waals surface area contributed by atoms with Crippen molar-refractivity contribution in [3.8, 4) is 11.1 Å². The first-order chi connectivity index (χ1) is 20.8. The summed E-state index contributed by atoms with van der Waals surface area (Å²) in [4.78, 5) is 13.8. The molecule has 2 N–H and O–H groups in total. The first kappa shape index (κ1) is 30.6. The number of carbonyl (C=O) groups is 1. The molecule has 0 aromatic heterocycles. The third kappa shape index (κ3) is 7.59. The van der Waals surface area contributed by atoms with Crippen molar-refractivity contribution in [2.45, 2.75) is 58.5 Å². The van der Waals surface area contributed by atoms with Crippen molar-refractivity contribution in [3.63, 3.8) is 0 Å². The van der Waals surface area contributed by atoms with Crippen molar-refractivity contribution in [3.05, 3.63) is 131 Å². The molecule has 1 fully saturated rings. The summed E-state index contributed by atoms with van der Waals surface area (Å²) < 4.78 is 13.5. The van der Waals surface area contributed by atoms with E-state index in [2.05, 4.69) is 97.8 Å². The van der Waals surface area contributed by atoms with Crippen LogP contribution in [0.25, 0.3) is 11.1 Å². The lowest BCUT2D eigenvalue weighted by atomic mass is 9.89. The number of benzene rings is 4. The van der Waals surface area contributed by atoms with Gasteiger partial charge in [0.2, 0.25) is 5.91 Å².